The highest BCUT2D eigenvalue weighted by atomic mass is 35.5. The summed E-state index contributed by atoms with van der Waals surface area (Å²) in [4.78, 5) is 11.3. The number of halogens is 1. The number of aromatic hydroxyl groups is 1. The molecule has 0 spiro atoms. The van der Waals surface area contributed by atoms with E-state index in [4.69, 9.17) is 9.84 Å². The van der Waals surface area contributed by atoms with Crippen LogP contribution in [0.25, 0.3) is 0 Å². The van der Waals surface area contributed by atoms with Crippen LogP contribution in [0.3, 0.4) is 0 Å². The number of benzene rings is 1. The van der Waals surface area contributed by atoms with Crippen LogP contribution in [0.15, 0.2) is 24.3 Å². The molecule has 0 radical (unpaired) electrons. The SMILES string of the molecule is CO[C@](C)(C([NH3+])=O)c1ccc(O)cc1.[Cl-]. The molecule has 0 saturated carbocycles. The van der Waals surface area contributed by atoms with Crippen molar-refractivity contribution in [3.05, 3.63) is 29.8 Å². The Bertz CT molecular complexity index is 339. The van der Waals surface area contributed by atoms with Crippen LogP contribution < -0.4 is 18.1 Å². The number of hydrogen-bond donors (Lipinski definition) is 2. The Morgan fingerprint density at radius 1 is 1.40 bits per heavy atom. The lowest BCUT2D eigenvalue weighted by Gasteiger charge is -2.22. The van der Waals surface area contributed by atoms with Crippen molar-refractivity contribution in [3.63, 3.8) is 0 Å². The third kappa shape index (κ3) is 2.68. The Morgan fingerprint density at radius 3 is 2.20 bits per heavy atom. The fraction of sp³-hybridized carbons (Fsp3) is 0.300. The van der Waals surface area contributed by atoms with Gasteiger partial charge in [0.15, 0.2) is 0 Å². The Morgan fingerprint density at radius 2 is 1.87 bits per heavy atom. The molecule has 0 heterocycles. The van der Waals surface area contributed by atoms with Gasteiger partial charge in [-0.1, -0.05) is 12.1 Å². The van der Waals surface area contributed by atoms with Crippen LogP contribution in [0.1, 0.15) is 12.5 Å². The van der Waals surface area contributed by atoms with Gasteiger partial charge in [0.1, 0.15) is 5.75 Å². The molecule has 0 fully saturated rings. The maximum absolute atomic E-state index is 11.3. The molecule has 0 aliphatic heterocycles. The van der Waals surface area contributed by atoms with Crippen LogP contribution in [0.5, 0.6) is 5.75 Å². The molecule has 0 aliphatic carbocycles. The van der Waals surface area contributed by atoms with E-state index in [9.17, 15) is 4.79 Å². The second kappa shape index (κ2) is 5.11. The third-order valence-electron chi connectivity index (χ3n) is 2.36. The molecule has 1 amide bonds. The first-order valence-electron chi connectivity index (χ1n) is 4.22. The van der Waals surface area contributed by atoms with Crippen LogP contribution in [0.4, 0.5) is 0 Å². The maximum Gasteiger partial charge on any atom is 0.345 e. The zero-order valence-corrected chi connectivity index (χ0v) is 9.41. The van der Waals surface area contributed by atoms with Crippen molar-refractivity contribution in [1.82, 2.24) is 0 Å². The molecule has 0 aliphatic rings. The van der Waals surface area contributed by atoms with Crippen molar-refractivity contribution in [3.8, 4) is 5.75 Å². The summed E-state index contributed by atoms with van der Waals surface area (Å²) in [5.41, 5.74) is 3.00. The van der Waals surface area contributed by atoms with E-state index in [1.807, 2.05) is 0 Å². The largest absolute Gasteiger partial charge is 1.00 e. The minimum atomic E-state index is -1.03. The van der Waals surface area contributed by atoms with Gasteiger partial charge in [0.2, 0.25) is 5.60 Å². The van der Waals surface area contributed by atoms with Crippen molar-refractivity contribution < 1.29 is 32.8 Å². The number of carbonyl (C=O) groups is 1. The number of phenols is 1. The van der Waals surface area contributed by atoms with Crippen molar-refractivity contribution >= 4 is 5.91 Å². The van der Waals surface area contributed by atoms with Crippen molar-refractivity contribution in [2.75, 3.05) is 7.11 Å². The number of ether oxygens (including phenoxy) is 1. The summed E-state index contributed by atoms with van der Waals surface area (Å²) in [6.45, 7) is 1.65. The molecule has 5 heteroatoms. The van der Waals surface area contributed by atoms with Crippen LogP contribution in [-0.4, -0.2) is 18.1 Å². The van der Waals surface area contributed by atoms with E-state index in [0.717, 1.165) is 0 Å². The number of carbonyl (C=O) groups excluding carboxylic acids is 1. The normalized spacial score (nSPS) is 13.8. The number of rotatable bonds is 3. The molecule has 4 nitrogen and oxygen atoms in total. The summed E-state index contributed by atoms with van der Waals surface area (Å²) in [5.74, 6) is -0.158. The lowest BCUT2D eigenvalue weighted by molar-refractivity contribution is -0.326. The lowest BCUT2D eigenvalue weighted by atomic mass is 9.95. The lowest BCUT2D eigenvalue weighted by Crippen LogP contribution is -3.00. The van der Waals surface area contributed by atoms with Crippen LogP contribution in [-0.2, 0) is 15.1 Å². The third-order valence-corrected chi connectivity index (χ3v) is 2.36. The minimum absolute atomic E-state index is 0. The number of hydrogen-bond acceptors (Lipinski definition) is 3. The van der Waals surface area contributed by atoms with Crippen LogP contribution >= 0.6 is 0 Å². The second-order valence-electron chi connectivity index (χ2n) is 3.21. The Balaban J connectivity index is 0.00000196. The summed E-state index contributed by atoms with van der Waals surface area (Å²) < 4.78 is 5.13. The molecule has 1 aromatic carbocycles. The first-order valence-corrected chi connectivity index (χ1v) is 4.22. The predicted molar refractivity (Wildman–Crippen MR) is 50.4 cm³/mol. The molecule has 15 heavy (non-hydrogen) atoms. The molecule has 84 valence electrons. The first-order chi connectivity index (χ1) is 6.50. The molecule has 1 atom stereocenters. The van der Waals surface area contributed by atoms with Crippen LogP contribution in [0, 0.1) is 0 Å². The molecule has 0 aromatic heterocycles. The topological polar surface area (TPSA) is 74.2 Å². The van der Waals surface area contributed by atoms with Gasteiger partial charge in [0.05, 0.1) is 0 Å². The highest BCUT2D eigenvalue weighted by molar-refractivity contribution is 5.77. The van der Waals surface area contributed by atoms with E-state index in [2.05, 4.69) is 5.73 Å². The molecular weight excluding hydrogens is 218 g/mol. The van der Waals surface area contributed by atoms with E-state index in [1.54, 1.807) is 19.1 Å². The van der Waals surface area contributed by atoms with Gasteiger partial charge in [-0.15, -0.1) is 0 Å². The Hall–Kier alpha value is -1.10. The Kier molecular flexibility index (Phi) is 4.74. The molecular formula is C10H14ClNO3. The van der Waals surface area contributed by atoms with E-state index in [0.29, 0.717) is 5.56 Å². The molecule has 0 unspecified atom stereocenters. The second-order valence-corrected chi connectivity index (χ2v) is 3.21. The molecule has 1 rings (SSSR count). The van der Waals surface area contributed by atoms with Crippen molar-refractivity contribution in [2.24, 2.45) is 0 Å². The predicted octanol–water partition coefficient (Wildman–Crippen LogP) is -2.97. The highest BCUT2D eigenvalue weighted by Crippen LogP contribution is 2.25. The van der Waals surface area contributed by atoms with Gasteiger partial charge in [0.25, 0.3) is 0 Å². The van der Waals surface area contributed by atoms with Gasteiger partial charge in [-0.3, -0.25) is 5.73 Å². The van der Waals surface area contributed by atoms with Gasteiger partial charge in [-0.2, -0.15) is 0 Å². The number of methoxy groups -OCH3 is 1. The fourth-order valence-corrected chi connectivity index (χ4v) is 1.17. The van der Waals surface area contributed by atoms with Crippen LogP contribution in [0.2, 0.25) is 0 Å². The van der Waals surface area contributed by atoms with Gasteiger partial charge >= 0.3 is 5.91 Å². The summed E-state index contributed by atoms with van der Waals surface area (Å²) in [6.07, 6.45) is 0. The maximum atomic E-state index is 11.3. The number of phenolic OH excluding ortho intramolecular Hbond substituents is 1. The molecule has 0 saturated heterocycles. The highest BCUT2D eigenvalue weighted by Gasteiger charge is 2.36. The summed E-state index contributed by atoms with van der Waals surface area (Å²) >= 11 is 0. The van der Waals surface area contributed by atoms with Gasteiger partial charge in [-0.25, -0.2) is 4.79 Å². The minimum Gasteiger partial charge on any atom is -1.00 e. The molecule has 0 bridgehead atoms. The molecule has 4 N–H and O–H groups in total. The monoisotopic (exact) mass is 231 g/mol. The quantitative estimate of drug-likeness (QED) is 0.583. The average molecular weight is 232 g/mol. The number of quaternary nitrogens is 1. The van der Waals surface area contributed by atoms with Crippen molar-refractivity contribution in [2.45, 2.75) is 12.5 Å². The van der Waals surface area contributed by atoms with E-state index in [1.165, 1.54) is 19.2 Å². The average Bonchev–Trinajstić information content (AvgIpc) is 2.17. The first kappa shape index (κ1) is 13.9. The van der Waals surface area contributed by atoms with Gasteiger partial charge in [0, 0.05) is 7.11 Å². The summed E-state index contributed by atoms with van der Waals surface area (Å²) in [5, 5.41) is 9.09. The van der Waals surface area contributed by atoms with E-state index in [-0.39, 0.29) is 24.1 Å². The smallest absolute Gasteiger partial charge is 0.345 e. The van der Waals surface area contributed by atoms with Gasteiger partial charge < -0.3 is 22.3 Å². The Labute approximate surface area is 94.5 Å². The fourth-order valence-electron chi connectivity index (χ4n) is 1.17. The number of amides is 1. The summed E-state index contributed by atoms with van der Waals surface area (Å²) in [6, 6.07) is 6.30. The summed E-state index contributed by atoms with van der Waals surface area (Å²) in [7, 11) is 1.45. The van der Waals surface area contributed by atoms with Crippen molar-refractivity contribution in [1.29, 1.82) is 0 Å². The standard InChI is InChI=1S/C10H13NO3.ClH/c1-10(14-2,9(11)13)7-3-5-8(12)6-4-7;/h3-6,12H,1-2H3,(H2,11,13);1H/t10-;/m0./s1. The zero-order chi connectivity index (χ0) is 10.8. The van der Waals surface area contributed by atoms with Gasteiger partial charge in [-0.05, 0) is 24.6 Å². The van der Waals surface area contributed by atoms with E-state index >= 15 is 0 Å². The van der Waals surface area contributed by atoms with E-state index < -0.39 is 5.60 Å². The zero-order valence-electron chi connectivity index (χ0n) is 8.66. The molecule has 1 aromatic rings.